The van der Waals surface area contributed by atoms with E-state index in [2.05, 4.69) is 12.1 Å². The SMILES string of the molecule is CCOC(=O)C1(CCc2ccccc2)CCN(C(=O)[C@H]2CCOC2)CC1. The first-order valence-corrected chi connectivity index (χ1v) is 9.72. The van der Waals surface area contributed by atoms with Crippen molar-refractivity contribution >= 4 is 11.9 Å². The van der Waals surface area contributed by atoms with Crippen LogP contribution in [0.2, 0.25) is 0 Å². The lowest BCUT2D eigenvalue weighted by molar-refractivity contribution is -0.161. The topological polar surface area (TPSA) is 55.8 Å². The maximum atomic E-state index is 12.7. The summed E-state index contributed by atoms with van der Waals surface area (Å²) >= 11 is 0. The number of nitrogens with zero attached hydrogens (tertiary/aromatic N) is 1. The van der Waals surface area contributed by atoms with Crippen molar-refractivity contribution in [2.75, 3.05) is 32.9 Å². The quantitative estimate of drug-likeness (QED) is 0.733. The summed E-state index contributed by atoms with van der Waals surface area (Å²) < 4.78 is 10.8. The number of benzene rings is 1. The number of piperidine rings is 1. The molecule has 26 heavy (non-hydrogen) atoms. The summed E-state index contributed by atoms with van der Waals surface area (Å²) in [5.74, 6) is 0.0738. The van der Waals surface area contributed by atoms with Crippen LogP contribution in [0.15, 0.2) is 30.3 Å². The van der Waals surface area contributed by atoms with Crippen LogP contribution in [0.1, 0.15) is 38.2 Å². The minimum Gasteiger partial charge on any atom is -0.466 e. The molecule has 2 aliphatic rings. The van der Waals surface area contributed by atoms with Crippen LogP contribution in [0.3, 0.4) is 0 Å². The molecular formula is C21H29NO4. The second kappa shape index (κ2) is 8.67. The molecule has 1 amide bonds. The highest BCUT2D eigenvalue weighted by Gasteiger charge is 2.44. The molecule has 0 aromatic heterocycles. The molecule has 2 aliphatic heterocycles. The highest BCUT2D eigenvalue weighted by molar-refractivity contribution is 5.81. The molecule has 5 nitrogen and oxygen atoms in total. The lowest BCUT2D eigenvalue weighted by Crippen LogP contribution is -2.49. The summed E-state index contributed by atoms with van der Waals surface area (Å²) in [7, 11) is 0. The number of carbonyl (C=O) groups excluding carboxylic acids is 2. The molecule has 0 bridgehead atoms. The number of likely N-dealkylation sites (tertiary alicyclic amines) is 1. The molecule has 0 spiro atoms. The van der Waals surface area contributed by atoms with Crippen molar-refractivity contribution in [3.63, 3.8) is 0 Å². The van der Waals surface area contributed by atoms with Crippen LogP contribution in [-0.4, -0.2) is 49.7 Å². The molecule has 142 valence electrons. The lowest BCUT2D eigenvalue weighted by Gasteiger charge is -2.40. The number of carbonyl (C=O) groups is 2. The minimum absolute atomic E-state index is 0.00517. The summed E-state index contributed by atoms with van der Waals surface area (Å²) in [6.45, 7) is 4.71. The predicted octanol–water partition coefficient (Wildman–Crippen LogP) is 2.83. The van der Waals surface area contributed by atoms with E-state index < -0.39 is 5.41 Å². The normalized spacial score (nSPS) is 22.2. The highest BCUT2D eigenvalue weighted by atomic mass is 16.5. The van der Waals surface area contributed by atoms with Crippen molar-refractivity contribution in [3.05, 3.63) is 35.9 Å². The minimum atomic E-state index is -0.477. The van der Waals surface area contributed by atoms with Crippen LogP contribution >= 0.6 is 0 Å². The van der Waals surface area contributed by atoms with E-state index in [1.807, 2.05) is 30.0 Å². The molecule has 0 radical (unpaired) electrons. The molecule has 2 fully saturated rings. The van der Waals surface area contributed by atoms with E-state index in [-0.39, 0.29) is 17.8 Å². The molecule has 5 heteroatoms. The van der Waals surface area contributed by atoms with Crippen molar-refractivity contribution in [1.29, 1.82) is 0 Å². The fourth-order valence-corrected chi connectivity index (χ4v) is 4.01. The third-order valence-electron chi connectivity index (χ3n) is 5.75. The molecule has 0 N–H and O–H groups in total. The average molecular weight is 359 g/mol. The Morgan fingerprint density at radius 3 is 2.58 bits per heavy atom. The fraction of sp³-hybridized carbons (Fsp3) is 0.619. The van der Waals surface area contributed by atoms with E-state index >= 15 is 0 Å². The zero-order valence-electron chi connectivity index (χ0n) is 15.6. The van der Waals surface area contributed by atoms with Crippen LogP contribution in [0.25, 0.3) is 0 Å². The Bertz CT molecular complexity index is 602. The molecule has 1 atom stereocenters. The van der Waals surface area contributed by atoms with Gasteiger partial charge in [-0.15, -0.1) is 0 Å². The summed E-state index contributed by atoms with van der Waals surface area (Å²) in [5.41, 5.74) is 0.757. The van der Waals surface area contributed by atoms with E-state index in [9.17, 15) is 9.59 Å². The Morgan fingerprint density at radius 1 is 1.23 bits per heavy atom. The van der Waals surface area contributed by atoms with Gasteiger partial charge in [0.1, 0.15) is 0 Å². The van der Waals surface area contributed by atoms with Crippen molar-refractivity contribution in [2.45, 2.75) is 39.0 Å². The number of esters is 1. The first kappa shape index (κ1) is 18.9. The van der Waals surface area contributed by atoms with Crippen molar-refractivity contribution in [3.8, 4) is 0 Å². The molecule has 0 saturated carbocycles. The number of ether oxygens (including phenoxy) is 2. The van der Waals surface area contributed by atoms with Gasteiger partial charge in [0.2, 0.25) is 5.91 Å². The number of rotatable bonds is 6. The van der Waals surface area contributed by atoms with Gasteiger partial charge in [0, 0.05) is 19.7 Å². The van der Waals surface area contributed by atoms with Crippen LogP contribution in [-0.2, 0) is 25.5 Å². The number of hydrogen-bond acceptors (Lipinski definition) is 4. The number of hydrogen-bond donors (Lipinski definition) is 0. The highest BCUT2D eigenvalue weighted by Crippen LogP contribution is 2.38. The fourth-order valence-electron chi connectivity index (χ4n) is 4.01. The average Bonchev–Trinajstić information content (AvgIpc) is 3.22. The van der Waals surface area contributed by atoms with E-state index in [1.165, 1.54) is 5.56 Å². The van der Waals surface area contributed by atoms with Gasteiger partial charge in [-0.2, -0.15) is 0 Å². The second-order valence-electron chi connectivity index (χ2n) is 7.37. The van der Waals surface area contributed by atoms with Gasteiger partial charge in [0.05, 0.1) is 24.5 Å². The van der Waals surface area contributed by atoms with Crippen molar-refractivity contribution in [1.82, 2.24) is 4.90 Å². The molecule has 1 aromatic rings. The Morgan fingerprint density at radius 2 is 1.96 bits per heavy atom. The Kier molecular flexibility index (Phi) is 6.30. The van der Waals surface area contributed by atoms with Gasteiger partial charge in [0.25, 0.3) is 0 Å². The summed E-state index contributed by atoms with van der Waals surface area (Å²) in [6, 6.07) is 10.2. The van der Waals surface area contributed by atoms with Gasteiger partial charge >= 0.3 is 5.97 Å². The largest absolute Gasteiger partial charge is 0.466 e. The summed E-state index contributed by atoms with van der Waals surface area (Å²) in [6.07, 6.45) is 3.79. The number of amides is 1. The second-order valence-corrected chi connectivity index (χ2v) is 7.37. The smallest absolute Gasteiger partial charge is 0.312 e. The lowest BCUT2D eigenvalue weighted by atomic mass is 9.74. The van der Waals surface area contributed by atoms with E-state index in [1.54, 1.807) is 0 Å². The zero-order valence-corrected chi connectivity index (χ0v) is 15.6. The van der Waals surface area contributed by atoms with Gasteiger partial charge < -0.3 is 14.4 Å². The molecule has 3 rings (SSSR count). The van der Waals surface area contributed by atoms with Gasteiger partial charge in [-0.05, 0) is 44.6 Å². The van der Waals surface area contributed by atoms with Gasteiger partial charge in [-0.25, -0.2) is 0 Å². The third-order valence-corrected chi connectivity index (χ3v) is 5.75. The molecule has 1 aromatic carbocycles. The first-order chi connectivity index (χ1) is 12.6. The van der Waals surface area contributed by atoms with Crippen molar-refractivity contribution < 1.29 is 19.1 Å². The molecule has 2 heterocycles. The van der Waals surface area contributed by atoms with Crippen LogP contribution in [0, 0.1) is 11.3 Å². The first-order valence-electron chi connectivity index (χ1n) is 9.72. The Hall–Kier alpha value is -1.88. The van der Waals surface area contributed by atoms with Crippen molar-refractivity contribution in [2.24, 2.45) is 11.3 Å². The predicted molar refractivity (Wildman–Crippen MR) is 98.6 cm³/mol. The monoisotopic (exact) mass is 359 g/mol. The molecule has 0 unspecified atom stereocenters. The van der Waals surface area contributed by atoms with Crippen LogP contribution in [0.4, 0.5) is 0 Å². The maximum Gasteiger partial charge on any atom is 0.312 e. The maximum absolute atomic E-state index is 12.7. The molecule has 2 saturated heterocycles. The van der Waals surface area contributed by atoms with E-state index in [0.29, 0.717) is 45.8 Å². The van der Waals surface area contributed by atoms with Crippen LogP contribution < -0.4 is 0 Å². The summed E-state index contributed by atoms with van der Waals surface area (Å²) in [4.78, 5) is 27.3. The van der Waals surface area contributed by atoms with E-state index in [4.69, 9.17) is 9.47 Å². The van der Waals surface area contributed by atoms with Gasteiger partial charge in [-0.3, -0.25) is 9.59 Å². The Balaban J connectivity index is 1.64. The van der Waals surface area contributed by atoms with Gasteiger partial charge in [-0.1, -0.05) is 30.3 Å². The van der Waals surface area contributed by atoms with Crippen LogP contribution in [0.5, 0.6) is 0 Å². The summed E-state index contributed by atoms with van der Waals surface area (Å²) in [5, 5.41) is 0. The molecular weight excluding hydrogens is 330 g/mol. The molecule has 0 aliphatic carbocycles. The Labute approximate surface area is 155 Å². The van der Waals surface area contributed by atoms with E-state index in [0.717, 1.165) is 19.3 Å². The number of aryl methyl sites for hydroxylation is 1. The standard InChI is InChI=1S/C21H29NO4/c1-2-26-20(24)21(10-8-17-6-4-3-5-7-17)11-13-22(14-12-21)19(23)18-9-15-25-16-18/h3-7,18H,2,8-16H2,1H3/t18-/m0/s1. The third kappa shape index (κ3) is 4.26. The van der Waals surface area contributed by atoms with Gasteiger partial charge in [0.15, 0.2) is 0 Å². The zero-order chi connectivity index (χ0) is 18.4.